The number of hydrogen-bond acceptors (Lipinski definition) is 7. The van der Waals surface area contributed by atoms with Gasteiger partial charge < -0.3 is 35.0 Å². The van der Waals surface area contributed by atoms with E-state index in [0.717, 1.165) is 0 Å². The quantitative estimate of drug-likeness (QED) is 0.480. The molecule has 7 nitrogen and oxygen atoms in total. The third-order valence-corrected chi connectivity index (χ3v) is 4.26. The van der Waals surface area contributed by atoms with E-state index in [4.69, 9.17) is 9.47 Å². The van der Waals surface area contributed by atoms with Gasteiger partial charge in [-0.05, 0) is 6.07 Å². The SMILES string of the molecule is C=CC(C)(C)c1ccc(O)cc1OC1OC(CO)C(O)C(O)C1O. The van der Waals surface area contributed by atoms with Crippen molar-refractivity contribution in [3.05, 3.63) is 36.4 Å². The maximum absolute atomic E-state index is 10.1. The number of ether oxygens (including phenoxy) is 2. The molecule has 5 unspecified atom stereocenters. The van der Waals surface area contributed by atoms with E-state index in [0.29, 0.717) is 5.56 Å². The van der Waals surface area contributed by atoms with Crippen LogP contribution in [0.25, 0.3) is 0 Å². The van der Waals surface area contributed by atoms with E-state index >= 15 is 0 Å². The summed E-state index contributed by atoms with van der Waals surface area (Å²) in [6.07, 6.45) is -5.19. The molecule has 1 aliphatic rings. The molecule has 0 amide bonds. The van der Waals surface area contributed by atoms with Crippen LogP contribution in [0.3, 0.4) is 0 Å². The number of aliphatic hydroxyl groups is 4. The molecular formula is C17H24O7. The van der Waals surface area contributed by atoms with E-state index in [1.165, 1.54) is 12.1 Å². The van der Waals surface area contributed by atoms with Crippen LogP contribution < -0.4 is 4.74 Å². The van der Waals surface area contributed by atoms with Gasteiger partial charge in [-0.3, -0.25) is 0 Å². The van der Waals surface area contributed by atoms with Crippen molar-refractivity contribution in [1.82, 2.24) is 0 Å². The molecule has 0 aromatic heterocycles. The van der Waals surface area contributed by atoms with Crippen LogP contribution in [-0.4, -0.2) is 62.8 Å². The first-order valence-electron chi connectivity index (χ1n) is 7.65. The van der Waals surface area contributed by atoms with Crippen LogP contribution in [-0.2, 0) is 10.2 Å². The van der Waals surface area contributed by atoms with Gasteiger partial charge in [-0.2, -0.15) is 0 Å². The molecule has 0 spiro atoms. The van der Waals surface area contributed by atoms with E-state index in [-0.39, 0.29) is 11.5 Å². The van der Waals surface area contributed by atoms with Gasteiger partial charge in [-0.15, -0.1) is 6.58 Å². The number of allylic oxidation sites excluding steroid dienone is 1. The highest BCUT2D eigenvalue weighted by Gasteiger charge is 2.45. The van der Waals surface area contributed by atoms with Crippen LogP contribution in [0.4, 0.5) is 0 Å². The van der Waals surface area contributed by atoms with Gasteiger partial charge in [0, 0.05) is 17.0 Å². The molecule has 134 valence electrons. The van der Waals surface area contributed by atoms with Crippen molar-refractivity contribution in [1.29, 1.82) is 0 Å². The lowest BCUT2D eigenvalue weighted by Crippen LogP contribution is -2.60. The Balaban J connectivity index is 2.33. The predicted molar refractivity (Wildman–Crippen MR) is 85.7 cm³/mol. The van der Waals surface area contributed by atoms with Crippen molar-refractivity contribution in [2.45, 2.75) is 50.0 Å². The topological polar surface area (TPSA) is 120 Å². The Hall–Kier alpha value is -1.64. The van der Waals surface area contributed by atoms with Gasteiger partial charge in [-0.1, -0.05) is 26.0 Å². The molecule has 5 atom stereocenters. The molecule has 0 aliphatic carbocycles. The number of phenols is 1. The van der Waals surface area contributed by atoms with Crippen molar-refractivity contribution >= 4 is 0 Å². The molecule has 1 aromatic carbocycles. The van der Waals surface area contributed by atoms with Crippen molar-refractivity contribution in [2.24, 2.45) is 0 Å². The molecule has 0 saturated carbocycles. The first-order chi connectivity index (χ1) is 11.2. The first kappa shape index (κ1) is 18.7. The number of rotatable bonds is 5. The average Bonchev–Trinajstić information content (AvgIpc) is 2.55. The lowest BCUT2D eigenvalue weighted by atomic mass is 9.84. The second-order valence-corrected chi connectivity index (χ2v) is 6.42. The summed E-state index contributed by atoms with van der Waals surface area (Å²) in [7, 11) is 0. The van der Waals surface area contributed by atoms with Gasteiger partial charge in [0.1, 0.15) is 35.9 Å². The molecule has 5 N–H and O–H groups in total. The van der Waals surface area contributed by atoms with E-state index < -0.39 is 42.7 Å². The van der Waals surface area contributed by atoms with Gasteiger partial charge in [-0.25, -0.2) is 0 Å². The number of aromatic hydroxyl groups is 1. The minimum atomic E-state index is -1.53. The summed E-state index contributed by atoms with van der Waals surface area (Å²) in [6, 6.07) is 4.53. The molecule has 1 heterocycles. The number of aliphatic hydroxyl groups excluding tert-OH is 4. The van der Waals surface area contributed by atoms with E-state index in [2.05, 4.69) is 6.58 Å². The maximum atomic E-state index is 10.1. The van der Waals surface area contributed by atoms with Crippen LogP contribution in [0.2, 0.25) is 0 Å². The zero-order valence-electron chi connectivity index (χ0n) is 13.7. The zero-order valence-corrected chi connectivity index (χ0v) is 13.7. The third-order valence-electron chi connectivity index (χ3n) is 4.26. The van der Waals surface area contributed by atoms with E-state index in [1.807, 2.05) is 13.8 Å². The van der Waals surface area contributed by atoms with Crippen LogP contribution in [0.5, 0.6) is 11.5 Å². The minimum Gasteiger partial charge on any atom is -0.508 e. The number of hydrogen-bond donors (Lipinski definition) is 5. The molecule has 1 aromatic rings. The smallest absolute Gasteiger partial charge is 0.229 e. The van der Waals surface area contributed by atoms with Gasteiger partial charge in [0.2, 0.25) is 6.29 Å². The minimum absolute atomic E-state index is 0.0433. The fourth-order valence-electron chi connectivity index (χ4n) is 2.54. The Labute approximate surface area is 140 Å². The van der Waals surface area contributed by atoms with Crippen molar-refractivity contribution in [3.63, 3.8) is 0 Å². The van der Waals surface area contributed by atoms with E-state index in [1.54, 1.807) is 12.1 Å². The second kappa shape index (κ2) is 7.08. The highest BCUT2D eigenvalue weighted by Crippen LogP contribution is 2.36. The molecule has 1 saturated heterocycles. The predicted octanol–water partition coefficient (Wildman–Crippen LogP) is 0.0345. The Kier molecular flexibility index (Phi) is 5.52. The van der Waals surface area contributed by atoms with Crippen molar-refractivity contribution < 1.29 is 35.0 Å². The Bertz CT molecular complexity index is 584. The van der Waals surface area contributed by atoms with Crippen LogP contribution >= 0.6 is 0 Å². The molecule has 24 heavy (non-hydrogen) atoms. The zero-order chi connectivity index (χ0) is 18.1. The molecular weight excluding hydrogens is 316 g/mol. The lowest BCUT2D eigenvalue weighted by Gasteiger charge is -2.40. The summed E-state index contributed by atoms with van der Waals surface area (Å²) >= 11 is 0. The summed E-state index contributed by atoms with van der Waals surface area (Å²) in [5.41, 5.74) is 0.198. The molecule has 1 aliphatic heterocycles. The number of phenolic OH excluding ortho intramolecular Hbond substituents is 1. The second-order valence-electron chi connectivity index (χ2n) is 6.42. The normalized spacial score (nSPS) is 30.8. The largest absolute Gasteiger partial charge is 0.508 e. The van der Waals surface area contributed by atoms with Crippen molar-refractivity contribution in [2.75, 3.05) is 6.61 Å². The fourth-order valence-corrected chi connectivity index (χ4v) is 2.54. The van der Waals surface area contributed by atoms with Gasteiger partial charge in [0.05, 0.1) is 6.61 Å². The molecule has 7 heteroatoms. The van der Waals surface area contributed by atoms with Crippen molar-refractivity contribution in [3.8, 4) is 11.5 Å². The Morgan fingerprint density at radius 2 is 1.88 bits per heavy atom. The average molecular weight is 340 g/mol. The Morgan fingerprint density at radius 1 is 1.21 bits per heavy atom. The summed E-state index contributed by atoms with van der Waals surface area (Å²) in [6.45, 7) is 7.02. The number of benzene rings is 1. The standard InChI is InChI=1S/C17H24O7/c1-4-17(2,3)10-6-5-9(19)7-11(10)23-16-15(22)14(21)13(20)12(8-18)24-16/h4-7,12-16,18-22H,1,8H2,2-3H3. The fraction of sp³-hybridized carbons (Fsp3) is 0.529. The Morgan fingerprint density at radius 3 is 2.46 bits per heavy atom. The monoisotopic (exact) mass is 340 g/mol. The summed E-state index contributed by atoms with van der Waals surface area (Å²) < 4.78 is 11.0. The summed E-state index contributed by atoms with van der Waals surface area (Å²) in [5.74, 6) is 0.197. The first-order valence-corrected chi connectivity index (χ1v) is 7.65. The van der Waals surface area contributed by atoms with E-state index in [9.17, 15) is 25.5 Å². The maximum Gasteiger partial charge on any atom is 0.229 e. The highest BCUT2D eigenvalue weighted by molar-refractivity contribution is 5.46. The molecule has 2 rings (SSSR count). The van der Waals surface area contributed by atoms with Gasteiger partial charge >= 0.3 is 0 Å². The van der Waals surface area contributed by atoms with Crippen LogP contribution in [0.15, 0.2) is 30.9 Å². The van der Waals surface area contributed by atoms with Crippen LogP contribution in [0.1, 0.15) is 19.4 Å². The summed E-state index contributed by atoms with van der Waals surface area (Å²) in [5, 5.41) is 48.7. The molecule has 1 fully saturated rings. The summed E-state index contributed by atoms with van der Waals surface area (Å²) in [4.78, 5) is 0. The van der Waals surface area contributed by atoms with Crippen LogP contribution in [0, 0.1) is 0 Å². The molecule has 0 radical (unpaired) electrons. The molecule has 0 bridgehead atoms. The van der Waals surface area contributed by atoms with Gasteiger partial charge in [0.25, 0.3) is 0 Å². The lowest BCUT2D eigenvalue weighted by molar-refractivity contribution is -0.277. The third kappa shape index (κ3) is 3.55. The highest BCUT2D eigenvalue weighted by atomic mass is 16.7. The van der Waals surface area contributed by atoms with Gasteiger partial charge in [0.15, 0.2) is 0 Å².